The number of fused-ring (bicyclic) bond motifs is 1. The number of imidazole rings is 1. The van der Waals surface area contributed by atoms with E-state index in [1.54, 1.807) is 0 Å². The fourth-order valence-electron chi connectivity index (χ4n) is 3.68. The van der Waals surface area contributed by atoms with Crippen molar-refractivity contribution in [1.29, 1.82) is 0 Å². The number of rotatable bonds is 3. The molecule has 3 rings (SSSR count). The molecule has 20 heavy (non-hydrogen) atoms. The van der Waals surface area contributed by atoms with Crippen LogP contribution in [0.4, 0.5) is 0 Å². The van der Waals surface area contributed by atoms with Crippen molar-refractivity contribution >= 4 is 0 Å². The summed E-state index contributed by atoms with van der Waals surface area (Å²) >= 11 is 0. The van der Waals surface area contributed by atoms with E-state index in [2.05, 4.69) is 29.5 Å². The molecule has 0 spiro atoms. The highest BCUT2D eigenvalue weighted by Gasteiger charge is 2.28. The van der Waals surface area contributed by atoms with Gasteiger partial charge in [-0.15, -0.1) is 0 Å². The molecule has 1 fully saturated rings. The maximum Gasteiger partial charge on any atom is 0.114 e. The second kappa shape index (κ2) is 5.86. The van der Waals surface area contributed by atoms with E-state index in [0.717, 1.165) is 31.8 Å². The Bertz CT molecular complexity index is 455. The maximum absolute atomic E-state index is 9.51. The lowest BCUT2D eigenvalue weighted by molar-refractivity contribution is 0.166. The predicted molar refractivity (Wildman–Crippen MR) is 80.0 cm³/mol. The lowest BCUT2D eigenvalue weighted by Gasteiger charge is -2.34. The van der Waals surface area contributed by atoms with Crippen molar-refractivity contribution in [3.05, 3.63) is 17.7 Å². The highest BCUT2D eigenvalue weighted by atomic mass is 16.3. The molecule has 0 aliphatic carbocycles. The zero-order valence-corrected chi connectivity index (χ0v) is 12.8. The largest absolute Gasteiger partial charge is 0.396 e. The van der Waals surface area contributed by atoms with Gasteiger partial charge in [0.25, 0.3) is 0 Å². The first-order valence-corrected chi connectivity index (χ1v) is 8.11. The molecule has 2 aliphatic rings. The van der Waals surface area contributed by atoms with Crippen molar-refractivity contribution in [1.82, 2.24) is 14.5 Å². The standard InChI is InChI=1S/C16H27N3O/c1-12(2)18-7-3-5-13(9-18)15-10-19-8-4-6-14(11-20)16(19)17-15/h10,12-14,20H,3-9,11H2,1-2H3. The number of aromatic nitrogens is 2. The number of hydrogen-bond acceptors (Lipinski definition) is 3. The lowest BCUT2D eigenvalue weighted by atomic mass is 9.94. The molecule has 112 valence electrons. The summed E-state index contributed by atoms with van der Waals surface area (Å²) in [7, 11) is 0. The third kappa shape index (κ3) is 2.63. The number of likely N-dealkylation sites (tertiary alicyclic amines) is 1. The van der Waals surface area contributed by atoms with Crippen molar-refractivity contribution in [3.8, 4) is 0 Å². The van der Waals surface area contributed by atoms with E-state index in [-0.39, 0.29) is 12.5 Å². The molecular formula is C16H27N3O. The van der Waals surface area contributed by atoms with Gasteiger partial charge in [-0.2, -0.15) is 0 Å². The smallest absolute Gasteiger partial charge is 0.114 e. The third-order valence-corrected chi connectivity index (χ3v) is 4.96. The normalized spacial score (nSPS) is 27.8. The summed E-state index contributed by atoms with van der Waals surface area (Å²) in [6.07, 6.45) is 7.02. The molecule has 3 heterocycles. The average Bonchev–Trinajstić information content (AvgIpc) is 2.91. The van der Waals surface area contributed by atoms with E-state index in [4.69, 9.17) is 4.98 Å². The second-order valence-corrected chi connectivity index (χ2v) is 6.67. The highest BCUT2D eigenvalue weighted by molar-refractivity contribution is 5.15. The topological polar surface area (TPSA) is 41.3 Å². The summed E-state index contributed by atoms with van der Waals surface area (Å²) in [6.45, 7) is 8.22. The van der Waals surface area contributed by atoms with Crippen LogP contribution in [0, 0.1) is 0 Å². The summed E-state index contributed by atoms with van der Waals surface area (Å²) in [5.41, 5.74) is 1.26. The SMILES string of the molecule is CC(C)N1CCCC(c2cn3c(n2)C(CO)CCC3)C1. The molecule has 4 nitrogen and oxygen atoms in total. The van der Waals surface area contributed by atoms with Crippen molar-refractivity contribution < 1.29 is 5.11 Å². The molecule has 0 radical (unpaired) electrons. The minimum Gasteiger partial charge on any atom is -0.396 e. The molecule has 0 saturated carbocycles. The zero-order chi connectivity index (χ0) is 14.1. The number of nitrogens with zero attached hydrogens (tertiary/aromatic N) is 3. The van der Waals surface area contributed by atoms with Gasteiger partial charge in [-0.1, -0.05) is 0 Å². The zero-order valence-electron chi connectivity index (χ0n) is 12.8. The predicted octanol–water partition coefficient (Wildman–Crippen LogP) is 2.34. The van der Waals surface area contributed by atoms with Gasteiger partial charge in [0.05, 0.1) is 12.3 Å². The van der Waals surface area contributed by atoms with Gasteiger partial charge in [0.1, 0.15) is 5.82 Å². The molecule has 1 saturated heterocycles. The summed E-state index contributed by atoms with van der Waals surface area (Å²) in [4.78, 5) is 7.46. The molecule has 1 aromatic heterocycles. The van der Waals surface area contributed by atoms with E-state index in [1.807, 2.05) is 0 Å². The Kier molecular flexibility index (Phi) is 4.13. The Morgan fingerprint density at radius 1 is 1.30 bits per heavy atom. The first-order chi connectivity index (χ1) is 9.69. The van der Waals surface area contributed by atoms with E-state index in [1.165, 1.54) is 25.1 Å². The Morgan fingerprint density at radius 3 is 2.85 bits per heavy atom. The van der Waals surface area contributed by atoms with Gasteiger partial charge in [0.2, 0.25) is 0 Å². The second-order valence-electron chi connectivity index (χ2n) is 6.67. The lowest BCUT2D eigenvalue weighted by Crippen LogP contribution is -2.39. The van der Waals surface area contributed by atoms with Crippen LogP contribution < -0.4 is 0 Å². The molecule has 2 aliphatic heterocycles. The molecule has 2 atom stereocenters. The fourth-order valence-corrected chi connectivity index (χ4v) is 3.68. The van der Waals surface area contributed by atoms with Crippen molar-refractivity contribution in [2.24, 2.45) is 0 Å². The Morgan fingerprint density at radius 2 is 2.10 bits per heavy atom. The van der Waals surface area contributed by atoms with Gasteiger partial charge in [-0.3, -0.25) is 0 Å². The van der Waals surface area contributed by atoms with Crippen LogP contribution >= 0.6 is 0 Å². The summed E-state index contributed by atoms with van der Waals surface area (Å²) < 4.78 is 2.29. The van der Waals surface area contributed by atoms with Crippen LogP contribution in [0.3, 0.4) is 0 Å². The van der Waals surface area contributed by atoms with Crippen LogP contribution in [0.25, 0.3) is 0 Å². The van der Waals surface area contributed by atoms with Crippen LogP contribution in [0.15, 0.2) is 6.20 Å². The molecule has 0 bridgehead atoms. The Balaban J connectivity index is 1.79. The first kappa shape index (κ1) is 14.1. The van der Waals surface area contributed by atoms with Crippen molar-refractivity contribution in [3.63, 3.8) is 0 Å². The number of aryl methyl sites for hydroxylation is 1. The molecule has 0 amide bonds. The van der Waals surface area contributed by atoms with Gasteiger partial charge in [-0.25, -0.2) is 4.98 Å². The van der Waals surface area contributed by atoms with Crippen LogP contribution in [0.2, 0.25) is 0 Å². The Labute approximate surface area is 121 Å². The number of piperidine rings is 1. The summed E-state index contributed by atoms with van der Waals surface area (Å²) in [6, 6.07) is 0.625. The molecular weight excluding hydrogens is 250 g/mol. The monoisotopic (exact) mass is 277 g/mol. The van der Waals surface area contributed by atoms with Gasteiger partial charge in [0.15, 0.2) is 0 Å². The molecule has 0 aromatic carbocycles. The van der Waals surface area contributed by atoms with E-state index < -0.39 is 0 Å². The van der Waals surface area contributed by atoms with Gasteiger partial charge in [0, 0.05) is 37.2 Å². The average molecular weight is 277 g/mol. The highest BCUT2D eigenvalue weighted by Crippen LogP contribution is 2.32. The number of aliphatic hydroxyl groups is 1. The van der Waals surface area contributed by atoms with Crippen molar-refractivity contribution in [2.45, 2.75) is 64.0 Å². The Hall–Kier alpha value is -0.870. The van der Waals surface area contributed by atoms with E-state index in [0.29, 0.717) is 12.0 Å². The minimum absolute atomic E-state index is 0.235. The van der Waals surface area contributed by atoms with Gasteiger partial charge in [-0.05, 0) is 46.1 Å². The summed E-state index contributed by atoms with van der Waals surface area (Å²) in [5, 5.41) is 9.51. The fraction of sp³-hybridized carbons (Fsp3) is 0.812. The van der Waals surface area contributed by atoms with E-state index >= 15 is 0 Å². The molecule has 4 heteroatoms. The molecule has 1 N–H and O–H groups in total. The van der Waals surface area contributed by atoms with E-state index in [9.17, 15) is 5.11 Å². The van der Waals surface area contributed by atoms with Crippen LogP contribution in [0.5, 0.6) is 0 Å². The van der Waals surface area contributed by atoms with Crippen LogP contribution in [-0.2, 0) is 6.54 Å². The molecule has 1 aromatic rings. The summed E-state index contributed by atoms with van der Waals surface area (Å²) in [5.74, 6) is 1.95. The molecule has 2 unspecified atom stereocenters. The minimum atomic E-state index is 0.235. The number of aliphatic hydroxyl groups excluding tert-OH is 1. The quantitative estimate of drug-likeness (QED) is 0.922. The van der Waals surface area contributed by atoms with Gasteiger partial charge < -0.3 is 14.6 Å². The number of hydrogen-bond donors (Lipinski definition) is 1. The van der Waals surface area contributed by atoms with Crippen molar-refractivity contribution in [2.75, 3.05) is 19.7 Å². The van der Waals surface area contributed by atoms with Crippen LogP contribution in [0.1, 0.15) is 62.9 Å². The van der Waals surface area contributed by atoms with Crippen LogP contribution in [-0.4, -0.2) is 45.3 Å². The first-order valence-electron chi connectivity index (χ1n) is 8.11. The van der Waals surface area contributed by atoms with Gasteiger partial charge >= 0.3 is 0 Å². The third-order valence-electron chi connectivity index (χ3n) is 4.96. The maximum atomic E-state index is 9.51.